The maximum atomic E-state index is 12.7. The van der Waals surface area contributed by atoms with Gasteiger partial charge >= 0.3 is 0 Å². The summed E-state index contributed by atoms with van der Waals surface area (Å²) in [7, 11) is -3.45. The molecule has 0 bridgehead atoms. The van der Waals surface area contributed by atoms with Crippen LogP contribution in [0.1, 0.15) is 36.6 Å². The molecule has 2 heterocycles. The van der Waals surface area contributed by atoms with Crippen LogP contribution in [0.4, 0.5) is 0 Å². The number of aliphatic hydroxyl groups excluding tert-OH is 1. The molecule has 1 aliphatic heterocycles. The summed E-state index contributed by atoms with van der Waals surface area (Å²) in [6.45, 7) is 4.20. The first kappa shape index (κ1) is 14.0. The van der Waals surface area contributed by atoms with Crippen molar-refractivity contribution in [2.24, 2.45) is 0 Å². The van der Waals surface area contributed by atoms with Gasteiger partial charge in [-0.25, -0.2) is 8.42 Å². The van der Waals surface area contributed by atoms with Crippen molar-refractivity contribution in [3.8, 4) is 0 Å². The zero-order valence-corrected chi connectivity index (χ0v) is 12.4. The standard InChI is InChI=1S/C12H19NO3S2/c1-3-10-5-4-6-13(10)18(15,16)12-9(2)8-17-11(12)7-14/h8,10,14H,3-7H2,1-2H3. The van der Waals surface area contributed by atoms with Crippen LogP contribution in [-0.2, 0) is 16.6 Å². The summed E-state index contributed by atoms with van der Waals surface area (Å²) in [5.74, 6) is 0. The number of hydrogen-bond acceptors (Lipinski definition) is 4. The lowest BCUT2D eigenvalue weighted by molar-refractivity contribution is 0.282. The molecule has 1 fully saturated rings. The van der Waals surface area contributed by atoms with E-state index in [-0.39, 0.29) is 12.6 Å². The third-order valence-electron chi connectivity index (χ3n) is 3.49. The Morgan fingerprint density at radius 3 is 2.89 bits per heavy atom. The second kappa shape index (κ2) is 5.28. The number of sulfonamides is 1. The lowest BCUT2D eigenvalue weighted by atomic mass is 10.2. The van der Waals surface area contributed by atoms with Crippen molar-refractivity contribution in [2.75, 3.05) is 6.54 Å². The molecule has 1 saturated heterocycles. The number of rotatable bonds is 4. The van der Waals surface area contributed by atoms with Crippen LogP contribution >= 0.6 is 11.3 Å². The van der Waals surface area contributed by atoms with Crippen LogP contribution < -0.4 is 0 Å². The monoisotopic (exact) mass is 289 g/mol. The van der Waals surface area contributed by atoms with E-state index in [1.807, 2.05) is 6.92 Å². The van der Waals surface area contributed by atoms with Crippen molar-refractivity contribution < 1.29 is 13.5 Å². The number of aliphatic hydroxyl groups is 1. The van der Waals surface area contributed by atoms with Gasteiger partial charge in [-0.15, -0.1) is 11.3 Å². The van der Waals surface area contributed by atoms with Crippen molar-refractivity contribution >= 4 is 21.4 Å². The van der Waals surface area contributed by atoms with E-state index in [9.17, 15) is 13.5 Å². The Balaban J connectivity index is 2.45. The van der Waals surface area contributed by atoms with E-state index in [0.29, 0.717) is 16.3 Å². The first-order valence-electron chi connectivity index (χ1n) is 6.22. The molecule has 1 aromatic heterocycles. The van der Waals surface area contributed by atoms with Crippen molar-refractivity contribution in [1.29, 1.82) is 0 Å². The molecule has 0 radical (unpaired) electrons. The number of aryl methyl sites for hydroxylation is 1. The van der Waals surface area contributed by atoms with Crippen molar-refractivity contribution in [3.63, 3.8) is 0 Å². The van der Waals surface area contributed by atoms with E-state index < -0.39 is 10.0 Å². The van der Waals surface area contributed by atoms with Crippen LogP contribution in [0, 0.1) is 6.92 Å². The summed E-state index contributed by atoms with van der Waals surface area (Å²) >= 11 is 1.31. The average molecular weight is 289 g/mol. The molecular formula is C12H19NO3S2. The van der Waals surface area contributed by atoms with Crippen LogP contribution in [-0.4, -0.2) is 30.4 Å². The van der Waals surface area contributed by atoms with Gasteiger partial charge in [0.15, 0.2) is 0 Å². The molecule has 6 heteroatoms. The first-order chi connectivity index (χ1) is 8.52. The van der Waals surface area contributed by atoms with E-state index in [2.05, 4.69) is 0 Å². The van der Waals surface area contributed by atoms with Crippen LogP contribution in [0.3, 0.4) is 0 Å². The van der Waals surface area contributed by atoms with Gasteiger partial charge < -0.3 is 5.11 Å². The number of thiophene rings is 1. The summed E-state index contributed by atoms with van der Waals surface area (Å²) < 4.78 is 27.0. The zero-order chi connectivity index (χ0) is 13.3. The highest BCUT2D eigenvalue weighted by Crippen LogP contribution is 2.33. The molecule has 0 amide bonds. The molecule has 18 heavy (non-hydrogen) atoms. The molecular weight excluding hydrogens is 270 g/mol. The highest BCUT2D eigenvalue weighted by atomic mass is 32.2. The van der Waals surface area contributed by atoms with Gasteiger partial charge in [0.2, 0.25) is 10.0 Å². The highest BCUT2D eigenvalue weighted by molar-refractivity contribution is 7.89. The van der Waals surface area contributed by atoms with Gasteiger partial charge in [-0.2, -0.15) is 4.31 Å². The zero-order valence-electron chi connectivity index (χ0n) is 10.7. The molecule has 2 rings (SSSR count). The van der Waals surface area contributed by atoms with Gasteiger partial charge in [-0.3, -0.25) is 0 Å². The Morgan fingerprint density at radius 1 is 1.56 bits per heavy atom. The normalized spacial score (nSPS) is 21.6. The Morgan fingerprint density at radius 2 is 2.28 bits per heavy atom. The van der Waals surface area contributed by atoms with Crippen molar-refractivity contribution in [3.05, 3.63) is 15.8 Å². The fourth-order valence-electron chi connectivity index (χ4n) is 2.59. The van der Waals surface area contributed by atoms with E-state index in [0.717, 1.165) is 24.8 Å². The van der Waals surface area contributed by atoms with Crippen molar-refractivity contribution in [1.82, 2.24) is 4.31 Å². The quantitative estimate of drug-likeness (QED) is 0.923. The Bertz CT molecular complexity index is 521. The molecule has 4 nitrogen and oxygen atoms in total. The highest BCUT2D eigenvalue weighted by Gasteiger charge is 2.36. The molecule has 1 aliphatic rings. The molecule has 1 unspecified atom stereocenters. The lowest BCUT2D eigenvalue weighted by Crippen LogP contribution is -2.35. The molecule has 1 atom stereocenters. The van der Waals surface area contributed by atoms with Gasteiger partial charge in [0.25, 0.3) is 0 Å². The van der Waals surface area contributed by atoms with Crippen LogP contribution in [0.2, 0.25) is 0 Å². The second-order valence-corrected chi connectivity index (χ2v) is 7.44. The summed E-state index contributed by atoms with van der Waals surface area (Å²) in [5.41, 5.74) is 0.741. The maximum absolute atomic E-state index is 12.7. The van der Waals surface area contributed by atoms with Gasteiger partial charge in [-0.1, -0.05) is 6.92 Å². The third-order valence-corrected chi connectivity index (χ3v) is 6.89. The Hall–Kier alpha value is -0.430. The smallest absolute Gasteiger partial charge is 0.244 e. The maximum Gasteiger partial charge on any atom is 0.244 e. The summed E-state index contributed by atoms with van der Waals surface area (Å²) in [6, 6.07) is 0.112. The van der Waals surface area contributed by atoms with Gasteiger partial charge in [0.1, 0.15) is 4.90 Å². The predicted molar refractivity (Wildman–Crippen MR) is 72.2 cm³/mol. The molecule has 0 saturated carbocycles. The van der Waals surface area contributed by atoms with Crippen molar-refractivity contribution in [2.45, 2.75) is 50.7 Å². The van der Waals surface area contributed by atoms with Gasteiger partial charge in [-0.05, 0) is 37.1 Å². The van der Waals surface area contributed by atoms with Crippen LogP contribution in [0.5, 0.6) is 0 Å². The summed E-state index contributed by atoms with van der Waals surface area (Å²) in [6.07, 6.45) is 2.71. The van der Waals surface area contributed by atoms with E-state index in [1.165, 1.54) is 11.3 Å². The largest absolute Gasteiger partial charge is 0.391 e. The average Bonchev–Trinajstić information content (AvgIpc) is 2.94. The fraction of sp³-hybridized carbons (Fsp3) is 0.667. The SMILES string of the molecule is CCC1CCCN1S(=O)(=O)c1c(C)csc1CO. The summed E-state index contributed by atoms with van der Waals surface area (Å²) in [5, 5.41) is 11.1. The van der Waals surface area contributed by atoms with Crippen LogP contribution in [0.15, 0.2) is 10.3 Å². The minimum Gasteiger partial charge on any atom is -0.391 e. The molecule has 0 aromatic carbocycles. The first-order valence-corrected chi connectivity index (χ1v) is 8.54. The lowest BCUT2D eigenvalue weighted by Gasteiger charge is -2.23. The van der Waals surface area contributed by atoms with Gasteiger partial charge in [0, 0.05) is 12.6 Å². The minimum atomic E-state index is -3.45. The second-order valence-electron chi connectivity index (χ2n) is 4.65. The number of nitrogens with zero attached hydrogens (tertiary/aromatic N) is 1. The number of hydrogen-bond donors (Lipinski definition) is 1. The topological polar surface area (TPSA) is 57.6 Å². The minimum absolute atomic E-state index is 0.112. The van der Waals surface area contributed by atoms with E-state index in [4.69, 9.17) is 0 Å². The molecule has 0 aliphatic carbocycles. The van der Waals surface area contributed by atoms with E-state index in [1.54, 1.807) is 16.6 Å². The summed E-state index contributed by atoms with van der Waals surface area (Å²) in [4.78, 5) is 0.879. The molecule has 1 aromatic rings. The molecule has 1 N–H and O–H groups in total. The third kappa shape index (κ3) is 2.22. The van der Waals surface area contributed by atoms with E-state index >= 15 is 0 Å². The Kier molecular flexibility index (Phi) is 4.11. The van der Waals surface area contributed by atoms with Crippen LogP contribution in [0.25, 0.3) is 0 Å². The molecule has 102 valence electrons. The Labute approximate surface area is 112 Å². The van der Waals surface area contributed by atoms with Gasteiger partial charge in [0.05, 0.1) is 11.5 Å². The fourth-order valence-corrected chi connectivity index (χ4v) is 5.98. The predicted octanol–water partition coefficient (Wildman–Crippen LogP) is 2.11. The molecule has 0 spiro atoms.